The molecule has 0 saturated carbocycles. The highest BCUT2D eigenvalue weighted by Gasteiger charge is 2.38. The van der Waals surface area contributed by atoms with E-state index < -0.39 is 5.41 Å². The lowest BCUT2D eigenvalue weighted by Gasteiger charge is -2.36. The van der Waals surface area contributed by atoms with Gasteiger partial charge in [0.15, 0.2) is 0 Å². The van der Waals surface area contributed by atoms with Crippen molar-refractivity contribution in [1.82, 2.24) is 4.90 Å². The predicted octanol–water partition coefficient (Wildman–Crippen LogP) is 16.0. The van der Waals surface area contributed by atoms with E-state index in [1.807, 2.05) is 6.92 Å². The SMILES string of the molecule is CC/C=C\CC(COC(=O)C1(C)CCN(C)CC1)C(CC)CC(=O)OCCC(CCCCCCCC/C=C\C/C=C\CCCCC)OC(=O)C(CCCCCC)CCCCCCCC. The summed E-state index contributed by atoms with van der Waals surface area (Å²) in [5, 5.41) is 0. The van der Waals surface area contributed by atoms with Crippen LogP contribution < -0.4 is 0 Å². The predicted molar refractivity (Wildman–Crippen MR) is 271 cm³/mol. The van der Waals surface area contributed by atoms with E-state index in [1.54, 1.807) is 0 Å². The van der Waals surface area contributed by atoms with E-state index in [9.17, 15) is 14.4 Å². The van der Waals surface area contributed by atoms with Crippen LogP contribution in [0.3, 0.4) is 0 Å². The molecule has 0 amide bonds. The summed E-state index contributed by atoms with van der Waals surface area (Å²) in [6.07, 6.45) is 47.1. The first-order valence-electron chi connectivity index (χ1n) is 27.3. The van der Waals surface area contributed by atoms with Gasteiger partial charge in [-0.3, -0.25) is 14.4 Å². The lowest BCUT2D eigenvalue weighted by atomic mass is 9.80. The Labute approximate surface area is 396 Å². The van der Waals surface area contributed by atoms with Crippen molar-refractivity contribution in [3.63, 3.8) is 0 Å². The summed E-state index contributed by atoms with van der Waals surface area (Å²) in [4.78, 5) is 42.9. The van der Waals surface area contributed by atoms with Crippen molar-refractivity contribution in [2.45, 2.75) is 253 Å². The molecule has 1 aliphatic rings. The molecule has 0 spiro atoms. The monoisotopic (exact) mass is 898 g/mol. The minimum absolute atomic E-state index is 0.0365. The van der Waals surface area contributed by atoms with Crippen LogP contribution in [0, 0.1) is 23.2 Å². The fourth-order valence-electron chi connectivity index (χ4n) is 8.98. The van der Waals surface area contributed by atoms with E-state index in [4.69, 9.17) is 14.2 Å². The second-order valence-electron chi connectivity index (χ2n) is 19.8. The fourth-order valence-corrected chi connectivity index (χ4v) is 8.98. The normalized spacial score (nSPS) is 16.4. The van der Waals surface area contributed by atoms with Gasteiger partial charge in [0.25, 0.3) is 0 Å². The Bertz CT molecular complexity index is 1220. The maximum Gasteiger partial charge on any atom is 0.311 e. The number of hydrogen-bond donors (Lipinski definition) is 0. The molecular formula is C57H103NO6. The molecule has 0 aromatic carbocycles. The smallest absolute Gasteiger partial charge is 0.311 e. The van der Waals surface area contributed by atoms with Crippen LogP contribution in [0.2, 0.25) is 0 Å². The number of piperidine rings is 1. The van der Waals surface area contributed by atoms with Crippen molar-refractivity contribution in [2.75, 3.05) is 33.4 Å². The molecule has 0 bridgehead atoms. The van der Waals surface area contributed by atoms with Gasteiger partial charge in [0.1, 0.15) is 6.10 Å². The van der Waals surface area contributed by atoms with Gasteiger partial charge in [-0.25, -0.2) is 0 Å². The number of likely N-dealkylation sites (tertiary alicyclic amines) is 1. The van der Waals surface area contributed by atoms with E-state index >= 15 is 0 Å². The molecule has 0 aromatic rings. The Morgan fingerprint density at radius 1 is 0.594 bits per heavy atom. The fraction of sp³-hybridized carbons (Fsp3) is 0.842. The topological polar surface area (TPSA) is 82.1 Å². The van der Waals surface area contributed by atoms with Crippen LogP contribution in [0.5, 0.6) is 0 Å². The van der Waals surface area contributed by atoms with Gasteiger partial charge in [0, 0.05) is 12.8 Å². The number of unbranched alkanes of at least 4 members (excludes halogenated alkanes) is 17. The van der Waals surface area contributed by atoms with Crippen molar-refractivity contribution >= 4 is 17.9 Å². The minimum Gasteiger partial charge on any atom is -0.466 e. The molecule has 1 saturated heterocycles. The first-order valence-corrected chi connectivity index (χ1v) is 27.3. The quantitative estimate of drug-likeness (QED) is 0.0261. The summed E-state index contributed by atoms with van der Waals surface area (Å²) in [5.74, 6) is -0.353. The molecule has 0 N–H and O–H groups in total. The van der Waals surface area contributed by atoms with Crippen LogP contribution in [0.15, 0.2) is 36.5 Å². The van der Waals surface area contributed by atoms with Gasteiger partial charge >= 0.3 is 17.9 Å². The second-order valence-corrected chi connectivity index (χ2v) is 19.8. The van der Waals surface area contributed by atoms with E-state index in [-0.39, 0.29) is 54.8 Å². The zero-order chi connectivity index (χ0) is 46.9. The average Bonchev–Trinajstić information content (AvgIpc) is 3.29. The largest absolute Gasteiger partial charge is 0.466 e. The highest BCUT2D eigenvalue weighted by molar-refractivity contribution is 5.76. The van der Waals surface area contributed by atoms with Gasteiger partial charge in [-0.15, -0.1) is 0 Å². The van der Waals surface area contributed by atoms with Crippen LogP contribution in [0.1, 0.15) is 247 Å². The number of hydrogen-bond acceptors (Lipinski definition) is 7. The van der Waals surface area contributed by atoms with Crippen molar-refractivity contribution in [1.29, 1.82) is 0 Å². The second kappa shape index (κ2) is 40.8. The van der Waals surface area contributed by atoms with Crippen LogP contribution in [-0.2, 0) is 28.6 Å². The van der Waals surface area contributed by atoms with E-state index in [1.165, 1.54) is 96.3 Å². The van der Waals surface area contributed by atoms with Gasteiger partial charge in [0.05, 0.1) is 24.5 Å². The zero-order valence-electron chi connectivity index (χ0n) is 43.1. The Kier molecular flexibility index (Phi) is 38.0. The van der Waals surface area contributed by atoms with Gasteiger partial charge in [0.2, 0.25) is 0 Å². The maximum absolute atomic E-state index is 13.9. The Hall–Kier alpha value is -2.41. The highest BCUT2D eigenvalue weighted by Crippen LogP contribution is 2.33. The first-order chi connectivity index (χ1) is 31.1. The Balaban J connectivity index is 2.83. The molecule has 4 unspecified atom stereocenters. The third-order valence-corrected chi connectivity index (χ3v) is 13.8. The molecule has 7 heteroatoms. The van der Waals surface area contributed by atoms with E-state index in [0.717, 1.165) is 109 Å². The molecule has 1 heterocycles. The Morgan fingerprint density at radius 3 is 1.72 bits per heavy atom. The van der Waals surface area contributed by atoms with Crippen molar-refractivity contribution in [3.8, 4) is 0 Å². The standard InChI is InChI=1S/C57H103NO6/c1-8-13-17-20-22-23-24-25-26-27-28-29-30-31-33-37-41-53(64-55(60)51(38-35-19-15-10-3)39-36-32-21-18-14-9-2)42-47-62-54(59)48-50(12-5)52(40-34-16-11-4)49-63-56(61)57(6)43-45-58(7)46-44-57/h16,22-23,25-26,34,50-53H,8-15,17-21,24,27-33,35-49H2,1-7H3/b23-22-,26-25-,34-16-. The summed E-state index contributed by atoms with van der Waals surface area (Å²) in [6.45, 7) is 15.3. The van der Waals surface area contributed by atoms with Crippen molar-refractivity contribution in [2.24, 2.45) is 23.2 Å². The molecule has 4 atom stereocenters. The number of carbonyl (C=O) groups excluding carboxylic acids is 3. The van der Waals surface area contributed by atoms with E-state index in [2.05, 4.69) is 83.0 Å². The minimum atomic E-state index is -0.456. The average molecular weight is 898 g/mol. The van der Waals surface area contributed by atoms with Crippen molar-refractivity contribution < 1.29 is 28.6 Å². The summed E-state index contributed by atoms with van der Waals surface area (Å²) in [7, 11) is 2.10. The molecule has 64 heavy (non-hydrogen) atoms. The molecule has 0 aromatic heterocycles. The Morgan fingerprint density at radius 2 is 1.12 bits per heavy atom. The van der Waals surface area contributed by atoms with Crippen LogP contribution >= 0.6 is 0 Å². The molecule has 1 fully saturated rings. The van der Waals surface area contributed by atoms with E-state index in [0.29, 0.717) is 13.0 Å². The highest BCUT2D eigenvalue weighted by atomic mass is 16.6. The number of allylic oxidation sites excluding steroid dienone is 6. The molecule has 7 nitrogen and oxygen atoms in total. The molecule has 1 rings (SSSR count). The molecule has 0 aliphatic carbocycles. The first kappa shape index (κ1) is 59.6. The number of esters is 3. The number of ether oxygens (including phenoxy) is 3. The molecule has 0 radical (unpaired) electrons. The van der Waals surface area contributed by atoms with Gasteiger partial charge in [-0.2, -0.15) is 0 Å². The van der Waals surface area contributed by atoms with Crippen LogP contribution in [-0.4, -0.2) is 62.3 Å². The van der Waals surface area contributed by atoms with Gasteiger partial charge < -0.3 is 19.1 Å². The summed E-state index contributed by atoms with van der Waals surface area (Å²) >= 11 is 0. The summed E-state index contributed by atoms with van der Waals surface area (Å²) in [6, 6.07) is 0. The van der Waals surface area contributed by atoms with Gasteiger partial charge in [-0.05, 0) is 122 Å². The van der Waals surface area contributed by atoms with Crippen molar-refractivity contribution in [3.05, 3.63) is 36.5 Å². The van der Waals surface area contributed by atoms with Crippen LogP contribution in [0.4, 0.5) is 0 Å². The summed E-state index contributed by atoms with van der Waals surface area (Å²) in [5.41, 5.74) is -0.456. The molecular weight excluding hydrogens is 795 g/mol. The number of nitrogens with zero attached hydrogens (tertiary/aromatic N) is 1. The number of rotatable bonds is 42. The molecule has 1 aliphatic heterocycles. The maximum atomic E-state index is 13.9. The lowest BCUT2D eigenvalue weighted by molar-refractivity contribution is -0.160. The zero-order valence-corrected chi connectivity index (χ0v) is 43.1. The number of carbonyl (C=O) groups is 3. The lowest BCUT2D eigenvalue weighted by Crippen LogP contribution is -2.42. The summed E-state index contributed by atoms with van der Waals surface area (Å²) < 4.78 is 18.4. The van der Waals surface area contributed by atoms with Crippen LogP contribution in [0.25, 0.3) is 0 Å². The van der Waals surface area contributed by atoms with Gasteiger partial charge in [-0.1, -0.05) is 180 Å². The third kappa shape index (κ3) is 30.7. The third-order valence-electron chi connectivity index (χ3n) is 13.8. The molecule has 372 valence electrons.